The minimum atomic E-state index is -0.719. The highest BCUT2D eigenvalue weighted by Crippen LogP contribution is 2.30. The molecule has 0 radical (unpaired) electrons. The summed E-state index contributed by atoms with van der Waals surface area (Å²) in [4.78, 5) is 34.9. The summed E-state index contributed by atoms with van der Waals surface area (Å²) in [5.41, 5.74) is -0.638. The summed E-state index contributed by atoms with van der Waals surface area (Å²) in [6, 6.07) is 2.05. The molecule has 8 heteroatoms. The number of benzene rings is 1. The van der Waals surface area contributed by atoms with Gasteiger partial charge in [0.1, 0.15) is 0 Å². The van der Waals surface area contributed by atoms with Crippen molar-refractivity contribution in [2.24, 2.45) is 0 Å². The number of nitro benzene ring substituents is 2. The molecule has 0 saturated carbocycles. The molecule has 8 nitrogen and oxygen atoms in total. The molecule has 1 amide bonds. The van der Waals surface area contributed by atoms with E-state index in [4.69, 9.17) is 0 Å². The van der Waals surface area contributed by atoms with Crippen LogP contribution in [0.4, 0.5) is 11.4 Å². The number of carbonyl (C=O) groups excluding carboxylic acids is 1. The summed E-state index contributed by atoms with van der Waals surface area (Å²) in [6.45, 7) is 3.93. The van der Waals surface area contributed by atoms with Crippen LogP contribution in [0, 0.1) is 27.2 Å². The molecule has 22 heavy (non-hydrogen) atoms. The van der Waals surface area contributed by atoms with Gasteiger partial charge in [-0.05, 0) is 33.1 Å². The summed E-state index contributed by atoms with van der Waals surface area (Å²) in [5.74, 6) is -0.378. The molecule has 1 heterocycles. The van der Waals surface area contributed by atoms with Crippen molar-refractivity contribution in [3.05, 3.63) is 43.5 Å². The van der Waals surface area contributed by atoms with Gasteiger partial charge in [0.05, 0.1) is 21.5 Å². The molecule has 0 N–H and O–H groups in total. The lowest BCUT2D eigenvalue weighted by Crippen LogP contribution is -2.42. The lowest BCUT2D eigenvalue weighted by atomic mass is 9.99. The van der Waals surface area contributed by atoms with E-state index >= 15 is 0 Å². The molecule has 1 aromatic carbocycles. The maximum absolute atomic E-state index is 12.7. The van der Waals surface area contributed by atoms with Crippen molar-refractivity contribution in [1.82, 2.24) is 4.90 Å². The van der Waals surface area contributed by atoms with Gasteiger partial charge >= 0.3 is 0 Å². The Morgan fingerprint density at radius 1 is 1.23 bits per heavy atom. The second-order valence-corrected chi connectivity index (χ2v) is 5.50. The molecule has 1 atom stereocenters. The molecule has 1 aromatic rings. The van der Waals surface area contributed by atoms with Crippen LogP contribution in [0.1, 0.15) is 42.1 Å². The zero-order valence-electron chi connectivity index (χ0n) is 12.4. The van der Waals surface area contributed by atoms with Gasteiger partial charge in [0.2, 0.25) is 0 Å². The number of rotatable bonds is 3. The van der Waals surface area contributed by atoms with Gasteiger partial charge < -0.3 is 4.90 Å². The Kier molecular flexibility index (Phi) is 4.39. The fraction of sp³-hybridized carbons (Fsp3) is 0.500. The molecule has 1 aliphatic rings. The summed E-state index contributed by atoms with van der Waals surface area (Å²) in [7, 11) is 0. The smallest absolute Gasteiger partial charge is 0.279 e. The van der Waals surface area contributed by atoms with E-state index in [1.807, 2.05) is 6.92 Å². The quantitative estimate of drug-likeness (QED) is 0.630. The van der Waals surface area contributed by atoms with Crippen LogP contribution in [0.2, 0.25) is 0 Å². The van der Waals surface area contributed by atoms with E-state index < -0.39 is 21.2 Å². The summed E-state index contributed by atoms with van der Waals surface area (Å²) >= 11 is 0. The average molecular weight is 307 g/mol. The van der Waals surface area contributed by atoms with E-state index in [0.717, 1.165) is 31.4 Å². The van der Waals surface area contributed by atoms with Crippen LogP contribution < -0.4 is 0 Å². The molecule has 0 aromatic heterocycles. The van der Waals surface area contributed by atoms with Gasteiger partial charge in [-0.1, -0.05) is 0 Å². The fourth-order valence-electron chi connectivity index (χ4n) is 2.76. The third-order valence-electron chi connectivity index (χ3n) is 4.07. The second-order valence-electron chi connectivity index (χ2n) is 5.50. The largest absolute Gasteiger partial charge is 0.336 e. The number of carbonyl (C=O) groups is 1. The summed E-state index contributed by atoms with van der Waals surface area (Å²) < 4.78 is 0. The number of hydrogen-bond donors (Lipinski definition) is 0. The van der Waals surface area contributed by atoms with Crippen LogP contribution >= 0.6 is 0 Å². The molecule has 0 aliphatic carbocycles. The highest BCUT2D eigenvalue weighted by Gasteiger charge is 2.30. The van der Waals surface area contributed by atoms with Gasteiger partial charge in [0, 0.05) is 24.2 Å². The van der Waals surface area contributed by atoms with E-state index in [2.05, 4.69) is 0 Å². The third-order valence-corrected chi connectivity index (χ3v) is 4.07. The van der Waals surface area contributed by atoms with Crippen LogP contribution in [0.15, 0.2) is 12.1 Å². The first-order valence-electron chi connectivity index (χ1n) is 7.07. The van der Waals surface area contributed by atoms with Gasteiger partial charge in [-0.15, -0.1) is 0 Å². The fourth-order valence-corrected chi connectivity index (χ4v) is 2.76. The highest BCUT2D eigenvalue weighted by molar-refractivity contribution is 5.97. The van der Waals surface area contributed by atoms with E-state index in [1.165, 1.54) is 6.92 Å². The van der Waals surface area contributed by atoms with Crippen LogP contribution in [-0.4, -0.2) is 33.2 Å². The van der Waals surface area contributed by atoms with Crippen molar-refractivity contribution < 1.29 is 14.6 Å². The molecular formula is C14H17N3O5. The van der Waals surface area contributed by atoms with Crippen molar-refractivity contribution in [1.29, 1.82) is 0 Å². The number of nitro groups is 2. The number of non-ortho nitro benzene ring substituents is 1. The topological polar surface area (TPSA) is 107 Å². The molecule has 2 rings (SSSR count). The first-order chi connectivity index (χ1) is 10.3. The Hall–Kier alpha value is -2.51. The first-order valence-corrected chi connectivity index (χ1v) is 7.07. The Balaban J connectivity index is 2.51. The Labute approximate surface area is 127 Å². The lowest BCUT2D eigenvalue weighted by molar-refractivity contribution is -0.394. The maximum atomic E-state index is 12.7. The minimum absolute atomic E-state index is 0.0268. The average Bonchev–Trinajstić information content (AvgIpc) is 2.46. The number of hydrogen-bond acceptors (Lipinski definition) is 5. The van der Waals surface area contributed by atoms with Gasteiger partial charge in [-0.3, -0.25) is 25.0 Å². The van der Waals surface area contributed by atoms with E-state index in [1.54, 1.807) is 4.90 Å². The van der Waals surface area contributed by atoms with E-state index in [9.17, 15) is 25.0 Å². The van der Waals surface area contributed by atoms with Gasteiger partial charge in [0.15, 0.2) is 0 Å². The number of piperidine rings is 1. The Bertz CT molecular complexity index is 644. The number of nitrogens with zero attached hydrogens (tertiary/aromatic N) is 3. The maximum Gasteiger partial charge on any atom is 0.279 e. The summed E-state index contributed by atoms with van der Waals surface area (Å²) in [5, 5.41) is 22.0. The third kappa shape index (κ3) is 2.90. The normalized spacial score (nSPS) is 18.1. The Morgan fingerprint density at radius 3 is 2.45 bits per heavy atom. The molecule has 1 saturated heterocycles. The van der Waals surface area contributed by atoms with Crippen LogP contribution in [0.25, 0.3) is 0 Å². The molecular weight excluding hydrogens is 290 g/mol. The lowest BCUT2D eigenvalue weighted by Gasteiger charge is -2.33. The summed E-state index contributed by atoms with van der Waals surface area (Å²) in [6.07, 6.45) is 2.76. The van der Waals surface area contributed by atoms with Crippen molar-refractivity contribution in [2.45, 2.75) is 39.2 Å². The van der Waals surface area contributed by atoms with Gasteiger partial charge in [-0.2, -0.15) is 0 Å². The first kappa shape index (κ1) is 15.9. The molecule has 0 unspecified atom stereocenters. The highest BCUT2D eigenvalue weighted by atomic mass is 16.6. The monoisotopic (exact) mass is 307 g/mol. The molecule has 1 aliphatic heterocycles. The predicted molar refractivity (Wildman–Crippen MR) is 78.8 cm³/mol. The molecule has 1 fully saturated rings. The van der Waals surface area contributed by atoms with Crippen molar-refractivity contribution in [2.75, 3.05) is 6.54 Å². The Morgan fingerprint density at radius 2 is 1.91 bits per heavy atom. The minimum Gasteiger partial charge on any atom is -0.336 e. The zero-order valence-corrected chi connectivity index (χ0v) is 12.4. The number of likely N-dealkylation sites (tertiary alicyclic amines) is 1. The molecule has 118 valence electrons. The standard InChI is InChI=1S/C14H17N3O5/c1-9-5-3-4-6-15(9)14(18)12-7-11(16(19)20)8-13(10(12)2)17(21)22/h7-9H,3-6H2,1-2H3/t9-/m1/s1. The van der Waals surface area contributed by atoms with Crippen LogP contribution in [-0.2, 0) is 0 Å². The van der Waals surface area contributed by atoms with Gasteiger partial charge in [0.25, 0.3) is 17.3 Å². The molecule has 0 bridgehead atoms. The van der Waals surface area contributed by atoms with Crippen molar-refractivity contribution in [3.63, 3.8) is 0 Å². The van der Waals surface area contributed by atoms with Crippen molar-refractivity contribution >= 4 is 17.3 Å². The van der Waals surface area contributed by atoms with E-state index in [0.29, 0.717) is 6.54 Å². The second kappa shape index (κ2) is 6.08. The predicted octanol–water partition coefficient (Wildman–Crippen LogP) is 2.83. The molecule has 0 spiro atoms. The number of amides is 1. The van der Waals surface area contributed by atoms with Crippen molar-refractivity contribution in [3.8, 4) is 0 Å². The van der Waals surface area contributed by atoms with Crippen LogP contribution in [0.5, 0.6) is 0 Å². The van der Waals surface area contributed by atoms with E-state index in [-0.39, 0.29) is 23.1 Å². The SMILES string of the molecule is Cc1c(C(=O)N2CCCC[C@H]2C)cc([N+](=O)[O-])cc1[N+](=O)[O-]. The van der Waals surface area contributed by atoms with Gasteiger partial charge in [-0.25, -0.2) is 0 Å². The zero-order chi connectivity index (χ0) is 16.4. The van der Waals surface area contributed by atoms with Crippen LogP contribution in [0.3, 0.4) is 0 Å².